The zero-order valence-corrected chi connectivity index (χ0v) is 43.4. The highest BCUT2D eigenvalue weighted by Crippen LogP contribution is 2.40. The number of allylic oxidation sites excluding steroid dienone is 1. The molecule has 9 aromatic rings. The summed E-state index contributed by atoms with van der Waals surface area (Å²) >= 11 is 0. The smallest absolute Gasteiger partial charge is 0.261 e. The summed E-state index contributed by atoms with van der Waals surface area (Å²) < 4.78 is 26.1. The number of amides is 2. The van der Waals surface area contributed by atoms with Gasteiger partial charge in [0, 0.05) is 122 Å². The molecule has 0 radical (unpaired) electrons. The van der Waals surface area contributed by atoms with Crippen LogP contribution in [0.3, 0.4) is 0 Å². The van der Waals surface area contributed by atoms with Crippen molar-refractivity contribution in [2.45, 2.75) is 45.7 Å². The molecule has 0 N–H and O–H groups in total. The molecule has 0 bridgehead atoms. The van der Waals surface area contributed by atoms with Gasteiger partial charge in [-0.05, 0) is 86.2 Å². The molecule has 5 heterocycles. The van der Waals surface area contributed by atoms with Crippen molar-refractivity contribution in [2.24, 2.45) is 5.92 Å². The van der Waals surface area contributed by atoms with E-state index in [1.165, 1.54) is 17.7 Å². The molecule has 2 amide bonds. The molecule has 16 heteroatoms. The summed E-state index contributed by atoms with van der Waals surface area (Å²) in [4.78, 5) is 50.9. The predicted molar refractivity (Wildman–Crippen MR) is 296 cm³/mol. The minimum Gasteiger partial charge on any atom is -0.497 e. The van der Waals surface area contributed by atoms with Gasteiger partial charge in [-0.3, -0.25) is 29.1 Å². The van der Waals surface area contributed by atoms with E-state index in [-0.39, 0.29) is 18.4 Å². The number of fused-ring (bicyclic) bond motifs is 3. The van der Waals surface area contributed by atoms with Gasteiger partial charge in [0.15, 0.2) is 0 Å². The van der Waals surface area contributed by atoms with Crippen molar-refractivity contribution < 1.29 is 28.5 Å². The van der Waals surface area contributed by atoms with Crippen molar-refractivity contribution in [3.63, 3.8) is 0 Å². The predicted octanol–water partition coefficient (Wildman–Crippen LogP) is 11.6. The van der Waals surface area contributed by atoms with Gasteiger partial charge < -0.3 is 33.3 Å². The summed E-state index contributed by atoms with van der Waals surface area (Å²) in [7, 11) is 6.58. The first-order chi connectivity index (χ1) is 37.1. The molecule has 0 atom stereocenters. The lowest BCUT2D eigenvalue weighted by Gasteiger charge is -2.27. The molecule has 4 aromatic heterocycles. The normalized spacial score (nSPS) is 12.8. The van der Waals surface area contributed by atoms with Gasteiger partial charge in [0.1, 0.15) is 23.0 Å². The number of aryl methyl sites for hydroxylation is 1. The van der Waals surface area contributed by atoms with Crippen molar-refractivity contribution in [3.8, 4) is 45.5 Å². The van der Waals surface area contributed by atoms with Gasteiger partial charge in [-0.2, -0.15) is 5.10 Å². The van der Waals surface area contributed by atoms with E-state index in [0.717, 1.165) is 105 Å². The summed E-state index contributed by atoms with van der Waals surface area (Å²) in [5.74, 6) is 3.02. The minimum atomic E-state index is -0.258. The van der Waals surface area contributed by atoms with Crippen molar-refractivity contribution in [1.29, 1.82) is 0 Å². The molecule has 386 valence electrons. The molecule has 76 heavy (non-hydrogen) atoms. The second-order valence-electron chi connectivity index (χ2n) is 18.7. The number of methoxy groups -OCH3 is 4. The molecule has 0 unspecified atom stereocenters. The van der Waals surface area contributed by atoms with Crippen LogP contribution in [0.1, 0.15) is 53.3 Å². The van der Waals surface area contributed by atoms with E-state index in [2.05, 4.69) is 79.5 Å². The number of ether oxygens (including phenoxy) is 4. The highest BCUT2D eigenvalue weighted by atomic mass is 16.5. The number of nitrogens with zero attached hydrogens (tertiary/aromatic N) is 10. The van der Waals surface area contributed by atoms with Crippen LogP contribution in [0.2, 0.25) is 0 Å². The van der Waals surface area contributed by atoms with E-state index in [4.69, 9.17) is 28.9 Å². The van der Waals surface area contributed by atoms with Gasteiger partial charge in [-0.1, -0.05) is 25.1 Å². The lowest BCUT2D eigenvalue weighted by molar-refractivity contribution is 0.0653. The molecule has 1 saturated carbocycles. The maximum atomic E-state index is 13.0. The Morgan fingerprint density at radius 2 is 1.17 bits per heavy atom. The number of imide groups is 1. The topological polar surface area (TPSA) is 155 Å². The van der Waals surface area contributed by atoms with Crippen LogP contribution < -0.4 is 28.7 Å². The van der Waals surface area contributed by atoms with Crippen LogP contribution in [0.4, 0.5) is 22.7 Å². The molecule has 1 aliphatic heterocycles. The molecule has 11 rings (SSSR count). The Morgan fingerprint density at radius 1 is 0.618 bits per heavy atom. The first-order valence-electron chi connectivity index (χ1n) is 25.5. The molecular formula is C60H60N10O6. The molecule has 2 aliphatic rings. The third kappa shape index (κ3) is 11.1. The highest BCUT2D eigenvalue weighted by molar-refractivity contribution is 6.21. The van der Waals surface area contributed by atoms with E-state index >= 15 is 0 Å². The fourth-order valence-corrected chi connectivity index (χ4v) is 9.37. The van der Waals surface area contributed by atoms with Gasteiger partial charge in [0.05, 0.1) is 91.6 Å². The number of aromatic nitrogens is 7. The SMILES string of the molecule is C=CCn1ccc(-c2cnc3ccc(N(CC4CC4)c4cc(OC)cc(OC)c4)cc3n2)c1.CCCn1cc(-c2cnc3ccc(N(CCCN4C(=O)c5ccccc5C4=O)c4cc(OC)cc(OC)c4)cc3n2)cn1. The molecule has 1 fully saturated rings. The lowest BCUT2D eigenvalue weighted by atomic mass is 10.1. The van der Waals surface area contributed by atoms with Crippen molar-refractivity contribution in [3.05, 3.63) is 164 Å². The maximum absolute atomic E-state index is 13.0. The molecule has 0 saturated heterocycles. The van der Waals surface area contributed by atoms with Crippen molar-refractivity contribution in [1.82, 2.24) is 39.2 Å². The zero-order chi connectivity index (χ0) is 52.7. The fraction of sp³-hybridized carbons (Fsp3) is 0.250. The molecule has 5 aromatic carbocycles. The van der Waals surface area contributed by atoms with E-state index in [1.54, 1.807) is 58.9 Å². The Morgan fingerprint density at radius 3 is 1.71 bits per heavy atom. The van der Waals surface area contributed by atoms with Gasteiger partial charge in [-0.15, -0.1) is 6.58 Å². The first-order valence-corrected chi connectivity index (χ1v) is 25.5. The number of carbonyl (C=O) groups excluding carboxylic acids is 2. The average Bonchev–Trinajstić information content (AvgIpc) is 3.84. The van der Waals surface area contributed by atoms with Crippen LogP contribution in [0.15, 0.2) is 153 Å². The second-order valence-corrected chi connectivity index (χ2v) is 18.7. The Labute approximate surface area is 441 Å². The standard InChI is InChI=1S/C33H32N6O4.C27H28N4O2/c1-4-12-37-21-22(19-35-37)31-20-34-29-11-10-23(17-30(29)36-31)38(24-15-25(42-2)18-26(16-24)43-3)13-7-14-39-32(40)27-8-5-6-9-28(27)33(39)41;1-4-10-30-11-9-20(18-30)27-16-28-25-8-7-21(14-26(25)29-27)31(17-19-5-6-19)22-12-23(32-2)15-24(13-22)33-3/h5-6,8-11,15-21H,4,7,12-14H2,1-3H3;4,7-9,11-16,18-19H,1,5-6,10,17H2,2-3H3. The Kier molecular flexibility index (Phi) is 15.0. The Hall–Kier alpha value is -9.05. The minimum absolute atomic E-state index is 0.258. The van der Waals surface area contributed by atoms with Gasteiger partial charge in [-0.25, -0.2) is 9.97 Å². The highest BCUT2D eigenvalue weighted by Gasteiger charge is 2.35. The van der Waals surface area contributed by atoms with Gasteiger partial charge in [0.2, 0.25) is 0 Å². The third-order valence-electron chi connectivity index (χ3n) is 13.5. The Bertz CT molecular complexity index is 3490. The summed E-state index contributed by atoms with van der Waals surface area (Å²) in [6, 6.07) is 32.9. The van der Waals surface area contributed by atoms with Crippen LogP contribution in [-0.4, -0.2) is 99.1 Å². The van der Waals surface area contributed by atoms with Gasteiger partial charge >= 0.3 is 0 Å². The third-order valence-corrected chi connectivity index (χ3v) is 13.5. The molecule has 16 nitrogen and oxygen atoms in total. The lowest BCUT2D eigenvalue weighted by Crippen LogP contribution is -2.32. The molecular weight excluding hydrogens is 957 g/mol. The Balaban J connectivity index is 0.000000179. The van der Waals surface area contributed by atoms with Crippen LogP contribution >= 0.6 is 0 Å². The molecule has 1 aliphatic carbocycles. The number of anilines is 4. The number of hydrogen-bond acceptors (Lipinski definition) is 13. The van der Waals surface area contributed by atoms with E-state index in [1.807, 2.05) is 84.1 Å². The van der Waals surface area contributed by atoms with Crippen LogP contribution in [0, 0.1) is 5.92 Å². The van der Waals surface area contributed by atoms with Crippen LogP contribution in [0.25, 0.3) is 44.6 Å². The van der Waals surface area contributed by atoms with Crippen LogP contribution in [0.5, 0.6) is 23.0 Å². The summed E-state index contributed by atoms with van der Waals surface area (Å²) in [5.41, 5.74) is 11.5. The first kappa shape index (κ1) is 50.5. The summed E-state index contributed by atoms with van der Waals surface area (Å²) in [6.45, 7) is 9.26. The maximum Gasteiger partial charge on any atom is 0.261 e. The van der Waals surface area contributed by atoms with E-state index in [9.17, 15) is 9.59 Å². The number of carbonyl (C=O) groups is 2. The summed E-state index contributed by atoms with van der Waals surface area (Å²) in [6.07, 6.45) is 17.4. The van der Waals surface area contributed by atoms with Crippen molar-refractivity contribution in [2.75, 3.05) is 57.9 Å². The van der Waals surface area contributed by atoms with E-state index < -0.39 is 0 Å². The summed E-state index contributed by atoms with van der Waals surface area (Å²) in [5, 5.41) is 4.44. The van der Waals surface area contributed by atoms with Crippen LogP contribution in [-0.2, 0) is 13.1 Å². The number of benzene rings is 5. The van der Waals surface area contributed by atoms with E-state index in [0.29, 0.717) is 41.5 Å². The average molecular weight is 1020 g/mol. The number of rotatable bonds is 20. The largest absolute Gasteiger partial charge is 0.497 e. The molecule has 0 spiro atoms. The van der Waals surface area contributed by atoms with Crippen molar-refractivity contribution >= 4 is 56.6 Å². The monoisotopic (exact) mass is 1020 g/mol. The van der Waals surface area contributed by atoms with Gasteiger partial charge in [0.25, 0.3) is 11.8 Å². The quantitative estimate of drug-likeness (QED) is 0.0526. The number of hydrogen-bond donors (Lipinski definition) is 0. The zero-order valence-electron chi connectivity index (χ0n) is 43.4. The fourth-order valence-electron chi connectivity index (χ4n) is 9.37. The second kappa shape index (κ2) is 22.6.